The fourth-order valence-corrected chi connectivity index (χ4v) is 1.72. The second-order valence-corrected chi connectivity index (χ2v) is 4.08. The summed E-state index contributed by atoms with van der Waals surface area (Å²) in [6.45, 7) is 2.07. The molecule has 4 nitrogen and oxygen atoms in total. The second-order valence-electron chi connectivity index (χ2n) is 4.08. The molecular weight excluding hydrogens is 252 g/mol. The maximum absolute atomic E-state index is 11.0. The molecular formula is C16H16N2O2. The van der Waals surface area contributed by atoms with Gasteiger partial charge in [0, 0.05) is 0 Å². The number of hydrazone groups is 1. The van der Waals surface area contributed by atoms with E-state index in [9.17, 15) is 4.79 Å². The highest BCUT2D eigenvalue weighted by atomic mass is 16.5. The Morgan fingerprint density at radius 1 is 1.10 bits per heavy atom. The number of carbonyl (C=O) groups is 1. The Morgan fingerprint density at radius 3 is 2.40 bits per heavy atom. The van der Waals surface area contributed by atoms with E-state index in [2.05, 4.69) is 22.7 Å². The van der Waals surface area contributed by atoms with Gasteiger partial charge in [0.2, 0.25) is 0 Å². The first kappa shape index (κ1) is 13.8. The smallest absolute Gasteiger partial charge is 0.427 e. The topological polar surface area (TPSA) is 50.7 Å². The van der Waals surface area contributed by atoms with Crippen LogP contribution in [-0.2, 0) is 4.74 Å². The highest BCUT2D eigenvalue weighted by molar-refractivity contribution is 5.82. The molecule has 0 spiro atoms. The lowest BCUT2D eigenvalue weighted by Gasteiger charge is -2.02. The Balaban J connectivity index is 1.98. The summed E-state index contributed by atoms with van der Waals surface area (Å²) in [5, 5.41) is 3.81. The molecule has 20 heavy (non-hydrogen) atoms. The van der Waals surface area contributed by atoms with E-state index in [-0.39, 0.29) is 0 Å². The van der Waals surface area contributed by atoms with Crippen LogP contribution in [0.4, 0.5) is 4.79 Å². The molecule has 4 heteroatoms. The zero-order valence-electron chi connectivity index (χ0n) is 11.2. The van der Waals surface area contributed by atoms with E-state index >= 15 is 0 Å². The minimum Gasteiger partial charge on any atom is -0.449 e. The van der Waals surface area contributed by atoms with Gasteiger partial charge in [-0.25, -0.2) is 10.2 Å². The summed E-state index contributed by atoms with van der Waals surface area (Å²) in [5.41, 5.74) is 5.50. The fourth-order valence-electron chi connectivity index (χ4n) is 1.72. The van der Waals surface area contributed by atoms with Crippen molar-refractivity contribution in [1.29, 1.82) is 0 Å². The monoisotopic (exact) mass is 268 g/mol. The van der Waals surface area contributed by atoms with Crippen molar-refractivity contribution in [1.82, 2.24) is 5.43 Å². The Hall–Kier alpha value is -2.62. The highest BCUT2D eigenvalue weighted by Gasteiger charge is 1.97. The third-order valence-corrected chi connectivity index (χ3v) is 2.66. The van der Waals surface area contributed by atoms with Crippen LogP contribution >= 0.6 is 0 Å². The van der Waals surface area contributed by atoms with Crippen LogP contribution in [0.15, 0.2) is 59.7 Å². The standard InChI is InChI=1S/C16H16N2O2/c1-2-20-16(19)18-17-12-13-8-10-15(11-9-13)14-6-4-3-5-7-14/h3-12H,2H2,1H3,(H,18,19)/b17-12+. The van der Waals surface area contributed by atoms with Gasteiger partial charge in [-0.3, -0.25) is 0 Å². The van der Waals surface area contributed by atoms with Gasteiger partial charge in [0.25, 0.3) is 0 Å². The Bertz CT molecular complexity index is 577. The van der Waals surface area contributed by atoms with Crippen LogP contribution in [-0.4, -0.2) is 18.9 Å². The van der Waals surface area contributed by atoms with Gasteiger partial charge in [-0.15, -0.1) is 0 Å². The van der Waals surface area contributed by atoms with Crippen LogP contribution in [0.1, 0.15) is 12.5 Å². The Labute approximate surface area is 118 Å². The maximum atomic E-state index is 11.0. The molecule has 2 rings (SSSR count). The van der Waals surface area contributed by atoms with Crippen LogP contribution in [0.5, 0.6) is 0 Å². The molecule has 1 amide bonds. The average molecular weight is 268 g/mol. The molecule has 0 aliphatic rings. The molecule has 2 aromatic carbocycles. The summed E-state index contributed by atoms with van der Waals surface area (Å²) in [4.78, 5) is 11.0. The Morgan fingerprint density at radius 2 is 1.75 bits per heavy atom. The SMILES string of the molecule is CCOC(=O)N/N=C/c1ccc(-c2ccccc2)cc1. The van der Waals surface area contributed by atoms with Gasteiger partial charge in [-0.1, -0.05) is 54.6 Å². The van der Waals surface area contributed by atoms with Crippen LogP contribution in [0.3, 0.4) is 0 Å². The molecule has 0 radical (unpaired) electrons. The molecule has 0 saturated heterocycles. The van der Waals surface area contributed by atoms with Crippen LogP contribution in [0.2, 0.25) is 0 Å². The van der Waals surface area contributed by atoms with Crippen LogP contribution in [0.25, 0.3) is 11.1 Å². The third kappa shape index (κ3) is 3.95. The Kier molecular flexibility index (Phi) is 4.89. The number of rotatable bonds is 4. The highest BCUT2D eigenvalue weighted by Crippen LogP contribution is 2.18. The molecule has 0 aromatic heterocycles. The van der Waals surface area contributed by atoms with Crippen LogP contribution in [0, 0.1) is 0 Å². The molecule has 0 saturated carbocycles. The summed E-state index contributed by atoms with van der Waals surface area (Å²) in [6.07, 6.45) is 1.02. The first-order valence-electron chi connectivity index (χ1n) is 6.41. The van der Waals surface area contributed by atoms with E-state index in [1.54, 1.807) is 13.1 Å². The van der Waals surface area contributed by atoms with Crippen molar-refractivity contribution in [2.75, 3.05) is 6.61 Å². The number of nitrogens with one attached hydrogen (secondary N) is 1. The summed E-state index contributed by atoms with van der Waals surface area (Å²) < 4.78 is 4.69. The predicted octanol–water partition coefficient (Wildman–Crippen LogP) is 3.43. The zero-order chi connectivity index (χ0) is 14.2. The molecule has 2 aromatic rings. The van der Waals surface area contributed by atoms with Crippen molar-refractivity contribution in [2.45, 2.75) is 6.92 Å². The number of hydrogen-bond acceptors (Lipinski definition) is 3. The normalized spacial score (nSPS) is 10.4. The quantitative estimate of drug-likeness (QED) is 0.682. The first-order chi connectivity index (χ1) is 9.79. The lowest BCUT2D eigenvalue weighted by atomic mass is 10.0. The minimum atomic E-state index is -0.551. The van der Waals surface area contributed by atoms with E-state index in [4.69, 9.17) is 4.74 Å². The van der Waals surface area contributed by atoms with Crippen molar-refractivity contribution in [3.63, 3.8) is 0 Å². The molecule has 0 atom stereocenters. The molecule has 102 valence electrons. The molecule has 0 aliphatic carbocycles. The summed E-state index contributed by atoms with van der Waals surface area (Å²) >= 11 is 0. The van der Waals surface area contributed by atoms with Crippen molar-refractivity contribution in [3.05, 3.63) is 60.2 Å². The first-order valence-corrected chi connectivity index (χ1v) is 6.41. The fraction of sp³-hybridized carbons (Fsp3) is 0.125. The number of carbonyl (C=O) groups excluding carboxylic acids is 1. The molecule has 0 bridgehead atoms. The van der Waals surface area contributed by atoms with Gasteiger partial charge in [-0.05, 0) is 23.6 Å². The number of benzene rings is 2. The summed E-state index contributed by atoms with van der Waals surface area (Å²) in [7, 11) is 0. The van der Waals surface area contributed by atoms with Gasteiger partial charge < -0.3 is 4.74 Å². The molecule has 1 N–H and O–H groups in total. The van der Waals surface area contributed by atoms with Crippen molar-refractivity contribution >= 4 is 12.3 Å². The largest absolute Gasteiger partial charge is 0.449 e. The number of amides is 1. The zero-order valence-corrected chi connectivity index (χ0v) is 11.2. The van der Waals surface area contributed by atoms with Crippen molar-refractivity contribution in [3.8, 4) is 11.1 Å². The van der Waals surface area contributed by atoms with Gasteiger partial charge in [-0.2, -0.15) is 5.10 Å². The maximum Gasteiger partial charge on any atom is 0.427 e. The minimum absolute atomic E-state index is 0.327. The van der Waals surface area contributed by atoms with E-state index in [0.29, 0.717) is 6.61 Å². The third-order valence-electron chi connectivity index (χ3n) is 2.66. The van der Waals surface area contributed by atoms with Gasteiger partial charge >= 0.3 is 6.09 Å². The van der Waals surface area contributed by atoms with Gasteiger partial charge in [0.05, 0.1) is 12.8 Å². The van der Waals surface area contributed by atoms with E-state index in [1.165, 1.54) is 5.56 Å². The number of nitrogens with zero attached hydrogens (tertiary/aromatic N) is 1. The average Bonchev–Trinajstić information content (AvgIpc) is 2.49. The number of ether oxygens (including phenoxy) is 1. The predicted molar refractivity (Wildman–Crippen MR) is 79.6 cm³/mol. The second kappa shape index (κ2) is 7.09. The van der Waals surface area contributed by atoms with E-state index in [1.807, 2.05) is 42.5 Å². The van der Waals surface area contributed by atoms with Gasteiger partial charge in [0.1, 0.15) is 0 Å². The number of hydrogen-bond donors (Lipinski definition) is 1. The lowest BCUT2D eigenvalue weighted by molar-refractivity contribution is 0.152. The van der Waals surface area contributed by atoms with E-state index in [0.717, 1.165) is 11.1 Å². The van der Waals surface area contributed by atoms with Gasteiger partial charge in [0.15, 0.2) is 0 Å². The van der Waals surface area contributed by atoms with Crippen molar-refractivity contribution in [2.24, 2.45) is 5.10 Å². The summed E-state index contributed by atoms with van der Waals surface area (Å²) in [5.74, 6) is 0. The lowest BCUT2D eigenvalue weighted by Crippen LogP contribution is -2.18. The molecule has 0 fully saturated rings. The molecule has 0 aliphatic heterocycles. The van der Waals surface area contributed by atoms with Crippen LogP contribution < -0.4 is 5.43 Å². The van der Waals surface area contributed by atoms with Crippen molar-refractivity contribution < 1.29 is 9.53 Å². The summed E-state index contributed by atoms with van der Waals surface area (Å²) in [6, 6.07) is 18.0. The molecule has 0 heterocycles. The van der Waals surface area contributed by atoms with E-state index < -0.39 is 6.09 Å². The molecule has 0 unspecified atom stereocenters.